The van der Waals surface area contributed by atoms with Crippen LogP contribution in [0.5, 0.6) is 0 Å². The molecule has 0 aliphatic rings. The molecule has 0 spiro atoms. The number of halogens is 4. The van der Waals surface area contributed by atoms with Crippen LogP contribution in [0.25, 0.3) is 0 Å². The third kappa shape index (κ3) is 4.89. The molecule has 3 rings (SSSR count). The Morgan fingerprint density at radius 1 is 1.11 bits per heavy atom. The van der Waals surface area contributed by atoms with E-state index in [1.807, 2.05) is 0 Å². The summed E-state index contributed by atoms with van der Waals surface area (Å²) in [5.41, 5.74) is 0.796. The van der Waals surface area contributed by atoms with Gasteiger partial charge in [0.1, 0.15) is 5.82 Å². The minimum atomic E-state index is -1.17. The van der Waals surface area contributed by atoms with Crippen molar-refractivity contribution >= 4 is 35.0 Å². The van der Waals surface area contributed by atoms with E-state index in [1.165, 1.54) is 6.07 Å². The molecule has 0 bridgehead atoms. The van der Waals surface area contributed by atoms with E-state index in [4.69, 9.17) is 11.6 Å². The molecule has 6 nitrogen and oxygen atoms in total. The summed E-state index contributed by atoms with van der Waals surface area (Å²) in [6, 6.07) is 7.96. The first kappa shape index (κ1) is 19.4. The maximum absolute atomic E-state index is 13.6. The average molecular weight is 408 g/mol. The van der Waals surface area contributed by atoms with Crippen LogP contribution in [0.2, 0.25) is 5.02 Å². The highest BCUT2D eigenvalue weighted by atomic mass is 35.5. The predicted octanol–water partition coefficient (Wildman–Crippen LogP) is 4.32. The number of hydrogen-bond acceptors (Lipinski definition) is 3. The molecule has 28 heavy (non-hydrogen) atoms. The third-order valence-electron chi connectivity index (χ3n) is 3.46. The second-order valence-corrected chi connectivity index (χ2v) is 6.17. The van der Waals surface area contributed by atoms with Crippen molar-refractivity contribution in [3.05, 3.63) is 76.2 Å². The number of carbonyl (C=O) groups excluding carboxylic acids is 1. The number of aryl methyl sites for hydroxylation is 1. The van der Waals surface area contributed by atoms with Crippen LogP contribution < -0.4 is 10.6 Å². The van der Waals surface area contributed by atoms with E-state index in [0.717, 1.165) is 36.0 Å². The summed E-state index contributed by atoms with van der Waals surface area (Å²) in [7, 11) is 0. The van der Waals surface area contributed by atoms with E-state index in [9.17, 15) is 18.0 Å². The van der Waals surface area contributed by atoms with Crippen LogP contribution >= 0.6 is 11.6 Å². The molecule has 0 aliphatic heterocycles. The highest BCUT2D eigenvalue weighted by Crippen LogP contribution is 2.19. The molecule has 1 aromatic heterocycles. The number of amides is 1. The lowest BCUT2D eigenvalue weighted by atomic mass is 10.2. The number of H-pyrrole nitrogens is 1. The van der Waals surface area contributed by atoms with Crippen molar-refractivity contribution in [1.82, 2.24) is 15.5 Å². The molecule has 1 amide bonds. The van der Waals surface area contributed by atoms with Gasteiger partial charge in [0.15, 0.2) is 17.5 Å². The monoisotopic (exact) mass is 407 g/mol. The molecule has 0 saturated heterocycles. The lowest BCUT2D eigenvalue weighted by molar-refractivity contribution is 0.0976. The second kappa shape index (κ2) is 8.13. The highest BCUT2D eigenvalue weighted by molar-refractivity contribution is 6.31. The molecular formula is C18H13ClF3N5O. The molecule has 10 heteroatoms. The van der Waals surface area contributed by atoms with Crippen molar-refractivity contribution in [3.63, 3.8) is 0 Å². The van der Waals surface area contributed by atoms with Crippen LogP contribution in [-0.2, 0) is 0 Å². The molecule has 0 radical (unpaired) electrons. The first-order valence-corrected chi connectivity index (χ1v) is 8.28. The lowest BCUT2D eigenvalue weighted by Crippen LogP contribution is -2.36. The number of anilines is 1. The zero-order valence-corrected chi connectivity index (χ0v) is 15.1. The Morgan fingerprint density at radius 2 is 1.89 bits per heavy atom. The van der Waals surface area contributed by atoms with Gasteiger partial charge in [-0.15, -0.1) is 0 Å². The molecule has 0 fully saturated rings. The van der Waals surface area contributed by atoms with E-state index < -0.39 is 23.4 Å². The van der Waals surface area contributed by atoms with Crippen molar-refractivity contribution in [1.29, 1.82) is 0 Å². The number of guanidine groups is 1. The van der Waals surface area contributed by atoms with Gasteiger partial charge in [-0.2, -0.15) is 10.1 Å². The van der Waals surface area contributed by atoms with Gasteiger partial charge in [0.05, 0.1) is 0 Å². The van der Waals surface area contributed by atoms with Crippen LogP contribution in [0.15, 0.2) is 47.5 Å². The summed E-state index contributed by atoms with van der Waals surface area (Å²) in [5.74, 6) is -3.50. The molecular weight excluding hydrogens is 395 g/mol. The minimum Gasteiger partial charge on any atom is -0.325 e. The van der Waals surface area contributed by atoms with Crippen LogP contribution in [0.1, 0.15) is 16.1 Å². The number of aromatic amines is 1. The Balaban J connectivity index is 1.90. The maximum Gasteiger partial charge on any atom is 0.258 e. The zero-order valence-electron chi connectivity index (χ0n) is 14.4. The number of carbonyl (C=O) groups is 1. The molecule has 3 aromatic rings. The second-order valence-electron chi connectivity index (χ2n) is 5.74. The largest absolute Gasteiger partial charge is 0.325 e. The van der Waals surface area contributed by atoms with E-state index in [1.54, 1.807) is 13.0 Å². The SMILES string of the molecule is Cc1cc(N=C(NC(=O)c2ccc(F)c(F)c2)Nc2cc(F)cc(Cl)c2)n[nH]1. The summed E-state index contributed by atoms with van der Waals surface area (Å²) in [5, 5.41) is 11.9. The normalized spacial score (nSPS) is 11.4. The van der Waals surface area contributed by atoms with Crippen molar-refractivity contribution in [2.45, 2.75) is 6.92 Å². The molecule has 0 aliphatic carbocycles. The summed E-state index contributed by atoms with van der Waals surface area (Å²) < 4.78 is 40.0. The molecule has 0 saturated carbocycles. The van der Waals surface area contributed by atoms with Gasteiger partial charge in [-0.1, -0.05) is 11.6 Å². The van der Waals surface area contributed by atoms with Gasteiger partial charge in [-0.3, -0.25) is 15.2 Å². The van der Waals surface area contributed by atoms with Gasteiger partial charge in [0.25, 0.3) is 5.91 Å². The third-order valence-corrected chi connectivity index (χ3v) is 3.68. The van der Waals surface area contributed by atoms with Crippen LogP contribution in [0, 0.1) is 24.4 Å². The van der Waals surface area contributed by atoms with Crippen molar-refractivity contribution < 1.29 is 18.0 Å². The topological polar surface area (TPSA) is 82.2 Å². The summed E-state index contributed by atoms with van der Waals surface area (Å²) in [6.45, 7) is 1.76. The first-order chi connectivity index (χ1) is 13.3. The van der Waals surface area contributed by atoms with Crippen LogP contribution in [0.4, 0.5) is 24.7 Å². The predicted molar refractivity (Wildman–Crippen MR) is 99.3 cm³/mol. The van der Waals surface area contributed by atoms with Gasteiger partial charge >= 0.3 is 0 Å². The molecule has 144 valence electrons. The first-order valence-electron chi connectivity index (χ1n) is 7.90. The van der Waals surface area contributed by atoms with Gasteiger partial charge in [-0.05, 0) is 43.3 Å². The number of aromatic nitrogens is 2. The van der Waals surface area contributed by atoms with Gasteiger partial charge in [0, 0.05) is 28.0 Å². The number of aliphatic imine (C=N–C) groups is 1. The fraction of sp³-hybridized carbons (Fsp3) is 0.0556. The number of hydrogen-bond donors (Lipinski definition) is 3. The standard InChI is InChI=1S/C18H13ClF3N5O/c1-9-4-16(27-26-9)24-18(23-13-7-11(19)6-12(20)8-13)25-17(28)10-2-3-14(21)15(22)5-10/h2-8H,1H3,(H3,23,24,25,26,27,28). The van der Waals surface area contributed by atoms with Gasteiger partial charge in [-0.25, -0.2) is 13.2 Å². The summed E-state index contributed by atoms with van der Waals surface area (Å²) in [6.07, 6.45) is 0. The molecule has 0 atom stereocenters. The Hall–Kier alpha value is -3.33. The lowest BCUT2D eigenvalue weighted by Gasteiger charge is -2.12. The van der Waals surface area contributed by atoms with Gasteiger partial charge < -0.3 is 5.32 Å². The van der Waals surface area contributed by atoms with Crippen molar-refractivity contribution in [2.75, 3.05) is 5.32 Å². The average Bonchev–Trinajstić information content (AvgIpc) is 3.01. The molecule has 0 unspecified atom stereocenters. The quantitative estimate of drug-likeness (QED) is 0.446. The maximum atomic E-state index is 13.6. The van der Waals surface area contributed by atoms with Crippen molar-refractivity contribution in [2.24, 2.45) is 4.99 Å². The number of nitrogens with zero attached hydrogens (tertiary/aromatic N) is 2. The smallest absolute Gasteiger partial charge is 0.258 e. The number of benzene rings is 2. The summed E-state index contributed by atoms with van der Waals surface area (Å²) >= 11 is 5.83. The Labute approximate surface area is 162 Å². The fourth-order valence-electron chi connectivity index (χ4n) is 2.24. The fourth-order valence-corrected chi connectivity index (χ4v) is 2.46. The molecule has 2 aromatic carbocycles. The van der Waals surface area contributed by atoms with Crippen LogP contribution in [0.3, 0.4) is 0 Å². The van der Waals surface area contributed by atoms with E-state index >= 15 is 0 Å². The van der Waals surface area contributed by atoms with Crippen LogP contribution in [-0.4, -0.2) is 22.1 Å². The van der Waals surface area contributed by atoms with E-state index in [2.05, 4.69) is 25.8 Å². The molecule has 1 heterocycles. The summed E-state index contributed by atoms with van der Waals surface area (Å²) in [4.78, 5) is 16.5. The highest BCUT2D eigenvalue weighted by Gasteiger charge is 2.13. The Bertz CT molecular complexity index is 1050. The zero-order chi connectivity index (χ0) is 20.3. The van der Waals surface area contributed by atoms with E-state index in [0.29, 0.717) is 0 Å². The number of nitrogens with one attached hydrogen (secondary N) is 3. The van der Waals surface area contributed by atoms with Crippen molar-refractivity contribution in [3.8, 4) is 0 Å². The minimum absolute atomic E-state index is 0.122. The molecule has 3 N–H and O–H groups in total. The Morgan fingerprint density at radius 3 is 2.54 bits per heavy atom. The Kier molecular flexibility index (Phi) is 5.65. The van der Waals surface area contributed by atoms with E-state index in [-0.39, 0.29) is 28.1 Å². The van der Waals surface area contributed by atoms with Gasteiger partial charge in [0.2, 0.25) is 5.96 Å². The number of rotatable bonds is 3.